The summed E-state index contributed by atoms with van der Waals surface area (Å²) in [5.41, 5.74) is 13.4. The molecule has 0 fully saturated rings. The predicted molar refractivity (Wildman–Crippen MR) is 210 cm³/mol. The van der Waals surface area contributed by atoms with E-state index in [4.69, 9.17) is 15.0 Å². The first-order valence-electron chi connectivity index (χ1n) is 16.9. The first-order chi connectivity index (χ1) is 25.3. The van der Waals surface area contributed by atoms with Crippen molar-refractivity contribution < 1.29 is 0 Å². The number of pyridine rings is 2. The molecule has 0 saturated carbocycles. The number of rotatable bonds is 4. The molecule has 3 aromatic heterocycles. The molecule has 5 aromatic carbocycles. The van der Waals surface area contributed by atoms with Crippen LogP contribution in [0.4, 0.5) is 0 Å². The SMILES string of the molecule is C1=Cc2ccc(-c3nc(-c4ccccc4)cc(-c4ccc(-c5cccnc5)nc4)n3)cc2-c2ccccc2Sc2ccccc2-c2ccccc21. The average molecular weight is 671 g/mol. The Bertz CT molecular complexity index is 2550. The lowest BCUT2D eigenvalue weighted by molar-refractivity contribution is 1.18. The van der Waals surface area contributed by atoms with E-state index in [0.29, 0.717) is 5.82 Å². The fourth-order valence-corrected chi connectivity index (χ4v) is 7.63. The summed E-state index contributed by atoms with van der Waals surface area (Å²) >= 11 is 1.81. The van der Waals surface area contributed by atoms with Gasteiger partial charge >= 0.3 is 0 Å². The molecule has 4 heterocycles. The molecule has 0 N–H and O–H groups in total. The lowest BCUT2D eigenvalue weighted by atomic mass is 9.94. The highest BCUT2D eigenvalue weighted by atomic mass is 32.2. The van der Waals surface area contributed by atoms with Crippen molar-refractivity contribution in [2.45, 2.75) is 9.79 Å². The van der Waals surface area contributed by atoms with E-state index in [0.717, 1.165) is 50.5 Å². The lowest BCUT2D eigenvalue weighted by Crippen LogP contribution is -1.97. The van der Waals surface area contributed by atoms with Gasteiger partial charge in [-0.3, -0.25) is 9.97 Å². The molecule has 240 valence electrons. The van der Waals surface area contributed by atoms with Gasteiger partial charge < -0.3 is 0 Å². The molecule has 0 amide bonds. The summed E-state index contributed by atoms with van der Waals surface area (Å²) in [5, 5.41) is 0. The molecule has 0 atom stereocenters. The van der Waals surface area contributed by atoms with Crippen LogP contribution < -0.4 is 0 Å². The number of nitrogens with zero attached hydrogens (tertiary/aromatic N) is 4. The standard InChI is InChI=1S/C46H30N4S/c1-2-12-33(13-3-1)42-28-43(36-24-25-41(48-30-36)35-14-10-26-47-29-35)50-46(49-42)34-23-22-32-21-20-31-11-4-5-15-37(31)38-16-6-8-18-44(38)51-45-19-9-7-17-39(45)40(32)27-34/h1-30H. The highest BCUT2D eigenvalue weighted by Gasteiger charge is 2.18. The number of benzene rings is 5. The van der Waals surface area contributed by atoms with Crippen LogP contribution in [0.1, 0.15) is 11.1 Å². The van der Waals surface area contributed by atoms with Gasteiger partial charge in [0.15, 0.2) is 5.82 Å². The summed E-state index contributed by atoms with van der Waals surface area (Å²) in [7, 11) is 0. The van der Waals surface area contributed by atoms with Gasteiger partial charge in [-0.1, -0.05) is 127 Å². The van der Waals surface area contributed by atoms with Crippen molar-refractivity contribution in [1.82, 2.24) is 19.9 Å². The van der Waals surface area contributed by atoms with Gasteiger partial charge in [-0.15, -0.1) is 0 Å². The summed E-state index contributed by atoms with van der Waals surface area (Å²) in [6, 6.07) is 52.9. The van der Waals surface area contributed by atoms with Gasteiger partial charge in [0.25, 0.3) is 0 Å². The van der Waals surface area contributed by atoms with Crippen LogP contribution in [0.5, 0.6) is 0 Å². The van der Waals surface area contributed by atoms with Crippen LogP contribution in [0.2, 0.25) is 0 Å². The van der Waals surface area contributed by atoms with Crippen LogP contribution in [0, 0.1) is 0 Å². The second kappa shape index (κ2) is 13.5. The molecule has 0 radical (unpaired) electrons. The average Bonchev–Trinajstić information content (AvgIpc) is 3.23. The van der Waals surface area contributed by atoms with Gasteiger partial charge in [-0.25, -0.2) is 9.97 Å². The van der Waals surface area contributed by atoms with Crippen LogP contribution in [0.15, 0.2) is 180 Å². The number of fused-ring (bicyclic) bond motifs is 6. The molecule has 0 bridgehead atoms. The minimum Gasteiger partial charge on any atom is -0.264 e. The summed E-state index contributed by atoms with van der Waals surface area (Å²) in [6.07, 6.45) is 9.94. The second-order valence-corrected chi connectivity index (χ2v) is 13.4. The zero-order chi connectivity index (χ0) is 34.0. The zero-order valence-corrected chi connectivity index (χ0v) is 28.3. The number of aromatic nitrogens is 4. The van der Waals surface area contributed by atoms with E-state index >= 15 is 0 Å². The maximum Gasteiger partial charge on any atom is 0.160 e. The molecule has 0 aliphatic carbocycles. The van der Waals surface area contributed by atoms with Gasteiger partial charge in [0.2, 0.25) is 0 Å². The second-order valence-electron chi connectivity index (χ2n) is 12.3. The van der Waals surface area contributed by atoms with E-state index < -0.39 is 0 Å². The Kier molecular flexibility index (Phi) is 8.08. The molecule has 0 saturated heterocycles. The Morgan fingerprint density at radius 2 is 1.00 bits per heavy atom. The maximum absolute atomic E-state index is 5.17. The minimum absolute atomic E-state index is 0.657. The van der Waals surface area contributed by atoms with Crippen LogP contribution in [-0.2, 0) is 0 Å². The van der Waals surface area contributed by atoms with Crippen LogP contribution >= 0.6 is 11.8 Å². The minimum atomic E-state index is 0.657. The largest absolute Gasteiger partial charge is 0.264 e. The van der Waals surface area contributed by atoms with Crippen molar-refractivity contribution in [3.05, 3.63) is 181 Å². The summed E-state index contributed by atoms with van der Waals surface area (Å²) in [5.74, 6) is 0.657. The Balaban J connectivity index is 1.21. The summed E-state index contributed by atoms with van der Waals surface area (Å²) in [6.45, 7) is 0. The molecule has 4 nitrogen and oxygen atoms in total. The van der Waals surface area contributed by atoms with Gasteiger partial charge in [0.1, 0.15) is 0 Å². The van der Waals surface area contributed by atoms with Crippen molar-refractivity contribution in [2.24, 2.45) is 0 Å². The Labute approximate surface area is 301 Å². The van der Waals surface area contributed by atoms with E-state index in [-0.39, 0.29) is 0 Å². The lowest BCUT2D eigenvalue weighted by Gasteiger charge is -2.15. The number of hydrogen-bond acceptors (Lipinski definition) is 5. The van der Waals surface area contributed by atoms with Crippen LogP contribution in [0.3, 0.4) is 0 Å². The quantitative estimate of drug-likeness (QED) is 0.186. The molecular formula is C46H30N4S. The number of hydrogen-bond donors (Lipinski definition) is 0. The predicted octanol–water partition coefficient (Wildman–Crippen LogP) is 11.9. The van der Waals surface area contributed by atoms with Crippen molar-refractivity contribution in [2.75, 3.05) is 0 Å². The summed E-state index contributed by atoms with van der Waals surface area (Å²) < 4.78 is 0. The van der Waals surface area contributed by atoms with E-state index in [1.807, 2.05) is 54.9 Å². The fourth-order valence-electron chi connectivity index (χ4n) is 6.53. The highest BCUT2D eigenvalue weighted by Crippen LogP contribution is 2.44. The third-order valence-electron chi connectivity index (χ3n) is 9.10. The topological polar surface area (TPSA) is 51.6 Å². The van der Waals surface area contributed by atoms with Crippen molar-refractivity contribution in [3.63, 3.8) is 0 Å². The molecule has 51 heavy (non-hydrogen) atoms. The van der Waals surface area contributed by atoms with Gasteiger partial charge in [0, 0.05) is 50.6 Å². The molecule has 9 rings (SSSR count). The Hall–Kier alpha value is -6.43. The zero-order valence-electron chi connectivity index (χ0n) is 27.5. The fraction of sp³-hybridized carbons (Fsp3) is 0. The Morgan fingerprint density at radius 3 is 1.73 bits per heavy atom. The van der Waals surface area contributed by atoms with Gasteiger partial charge in [-0.2, -0.15) is 0 Å². The normalized spacial score (nSPS) is 11.8. The third kappa shape index (κ3) is 6.16. The monoisotopic (exact) mass is 670 g/mol. The molecular weight excluding hydrogens is 641 g/mol. The van der Waals surface area contributed by atoms with Crippen LogP contribution in [0.25, 0.3) is 79.6 Å². The molecule has 5 heteroatoms. The molecule has 1 aliphatic heterocycles. The molecule has 1 aliphatic rings. The van der Waals surface area contributed by atoms with E-state index in [1.54, 1.807) is 18.0 Å². The van der Waals surface area contributed by atoms with E-state index in [1.165, 1.54) is 32.0 Å². The maximum atomic E-state index is 5.17. The van der Waals surface area contributed by atoms with Crippen molar-refractivity contribution in [1.29, 1.82) is 0 Å². The van der Waals surface area contributed by atoms with Crippen LogP contribution in [-0.4, -0.2) is 19.9 Å². The molecule has 8 aromatic rings. The van der Waals surface area contributed by atoms with E-state index in [9.17, 15) is 0 Å². The molecule has 0 unspecified atom stereocenters. The highest BCUT2D eigenvalue weighted by molar-refractivity contribution is 7.99. The molecule has 0 spiro atoms. The van der Waals surface area contributed by atoms with Crippen molar-refractivity contribution in [3.8, 4) is 67.4 Å². The van der Waals surface area contributed by atoms with Gasteiger partial charge in [-0.05, 0) is 81.9 Å². The first kappa shape index (κ1) is 30.6. The van der Waals surface area contributed by atoms with E-state index in [2.05, 4.69) is 126 Å². The van der Waals surface area contributed by atoms with Crippen molar-refractivity contribution >= 4 is 23.9 Å². The third-order valence-corrected chi connectivity index (χ3v) is 10.3. The summed E-state index contributed by atoms with van der Waals surface area (Å²) in [4.78, 5) is 21.8. The first-order valence-corrected chi connectivity index (χ1v) is 17.7. The van der Waals surface area contributed by atoms with Gasteiger partial charge in [0.05, 0.1) is 17.1 Å². The smallest absolute Gasteiger partial charge is 0.160 e. The Morgan fingerprint density at radius 1 is 0.392 bits per heavy atom.